The number of aryl methyl sites for hydroxylation is 1. The largest absolute Gasteiger partial charge is 0.332 e. The second-order valence-corrected chi connectivity index (χ2v) is 7.49. The molecule has 0 amide bonds. The van der Waals surface area contributed by atoms with Crippen molar-refractivity contribution in [1.82, 2.24) is 28.5 Å². The van der Waals surface area contributed by atoms with Crippen molar-refractivity contribution in [3.05, 3.63) is 26.7 Å². The van der Waals surface area contributed by atoms with Crippen molar-refractivity contribution in [1.29, 1.82) is 0 Å². The van der Waals surface area contributed by atoms with Crippen LogP contribution in [0.2, 0.25) is 0 Å². The number of imidazole rings is 1. The van der Waals surface area contributed by atoms with Crippen LogP contribution in [0.15, 0.2) is 9.59 Å². The number of piperazine rings is 1. The minimum atomic E-state index is -0.335. The van der Waals surface area contributed by atoms with E-state index in [1.54, 1.807) is 7.05 Å². The van der Waals surface area contributed by atoms with E-state index in [2.05, 4.69) is 30.7 Å². The molecule has 0 unspecified atom stereocenters. The minimum absolute atomic E-state index is 0.268. The summed E-state index contributed by atoms with van der Waals surface area (Å²) in [6.45, 7) is 9.70. The maximum absolute atomic E-state index is 12.7. The summed E-state index contributed by atoms with van der Waals surface area (Å²) in [5.41, 5.74) is 0.411. The van der Waals surface area contributed by atoms with Gasteiger partial charge in [-0.15, -0.1) is 0 Å². The maximum atomic E-state index is 12.7. The van der Waals surface area contributed by atoms with E-state index in [1.165, 1.54) is 16.2 Å². The number of fused-ring (bicyclic) bond motifs is 1. The van der Waals surface area contributed by atoms with Gasteiger partial charge in [0.05, 0.1) is 6.54 Å². The van der Waals surface area contributed by atoms with Crippen LogP contribution >= 0.6 is 0 Å². The summed E-state index contributed by atoms with van der Waals surface area (Å²) < 4.78 is 4.65. The van der Waals surface area contributed by atoms with Crippen LogP contribution in [0.1, 0.15) is 19.7 Å². The zero-order valence-electron chi connectivity index (χ0n) is 15.8. The van der Waals surface area contributed by atoms with Crippen LogP contribution in [0.25, 0.3) is 11.2 Å². The zero-order chi connectivity index (χ0) is 18.3. The van der Waals surface area contributed by atoms with Gasteiger partial charge in [0, 0.05) is 46.8 Å². The molecule has 1 aliphatic heterocycles. The van der Waals surface area contributed by atoms with E-state index >= 15 is 0 Å². The number of hydrogen-bond donors (Lipinski definition) is 0. The van der Waals surface area contributed by atoms with Crippen LogP contribution in [0, 0.1) is 5.92 Å². The van der Waals surface area contributed by atoms with Crippen LogP contribution in [-0.2, 0) is 27.2 Å². The Kier molecular flexibility index (Phi) is 4.83. The normalized spacial score (nSPS) is 17.0. The molecule has 1 saturated heterocycles. The molecule has 138 valence electrons. The van der Waals surface area contributed by atoms with Crippen molar-refractivity contribution in [3.8, 4) is 0 Å². The number of aromatic nitrogens is 4. The molecule has 2 aromatic rings. The lowest BCUT2D eigenvalue weighted by Crippen LogP contribution is -2.44. The van der Waals surface area contributed by atoms with Crippen LogP contribution in [0.5, 0.6) is 0 Å². The molecule has 0 N–H and O–H groups in total. The van der Waals surface area contributed by atoms with E-state index in [9.17, 15) is 9.59 Å². The first-order chi connectivity index (χ1) is 11.8. The van der Waals surface area contributed by atoms with Gasteiger partial charge >= 0.3 is 5.69 Å². The molecule has 1 aliphatic rings. The van der Waals surface area contributed by atoms with Crippen molar-refractivity contribution in [3.63, 3.8) is 0 Å². The minimum Gasteiger partial charge on any atom is -0.321 e. The molecular formula is C17H28N6O2. The topological polar surface area (TPSA) is 68.3 Å². The van der Waals surface area contributed by atoms with Gasteiger partial charge in [-0.25, -0.2) is 9.78 Å². The standard InChI is InChI=1S/C17H28N6O2/c1-12(2)10-23-13(11-22-8-6-19(3)7-9-22)18-15-14(23)16(24)21(5)17(25)20(15)4/h12H,6-11H2,1-5H3. The molecule has 0 atom stereocenters. The Bertz CT molecular complexity index is 883. The molecule has 1 fully saturated rings. The van der Waals surface area contributed by atoms with Gasteiger partial charge in [0.25, 0.3) is 5.56 Å². The van der Waals surface area contributed by atoms with E-state index in [0.29, 0.717) is 30.2 Å². The summed E-state index contributed by atoms with van der Waals surface area (Å²) in [5.74, 6) is 1.25. The van der Waals surface area contributed by atoms with E-state index < -0.39 is 0 Å². The molecule has 0 saturated carbocycles. The van der Waals surface area contributed by atoms with E-state index in [-0.39, 0.29) is 11.2 Å². The summed E-state index contributed by atoms with van der Waals surface area (Å²) in [6, 6.07) is 0. The van der Waals surface area contributed by atoms with Gasteiger partial charge in [0.15, 0.2) is 11.2 Å². The molecule has 3 rings (SSSR count). The highest BCUT2D eigenvalue weighted by Gasteiger charge is 2.22. The number of rotatable bonds is 4. The Labute approximate surface area is 147 Å². The average molecular weight is 348 g/mol. The van der Waals surface area contributed by atoms with Gasteiger partial charge in [-0.2, -0.15) is 0 Å². The highest BCUT2D eigenvalue weighted by atomic mass is 16.2. The van der Waals surface area contributed by atoms with Crippen LogP contribution in [0.3, 0.4) is 0 Å². The smallest absolute Gasteiger partial charge is 0.321 e. The van der Waals surface area contributed by atoms with Gasteiger partial charge in [-0.05, 0) is 13.0 Å². The van der Waals surface area contributed by atoms with Gasteiger partial charge < -0.3 is 9.47 Å². The van der Waals surface area contributed by atoms with Crippen molar-refractivity contribution in [2.45, 2.75) is 26.9 Å². The molecule has 8 nitrogen and oxygen atoms in total. The summed E-state index contributed by atoms with van der Waals surface area (Å²) in [4.78, 5) is 34.3. The Morgan fingerprint density at radius 2 is 1.64 bits per heavy atom. The number of likely N-dealkylation sites (N-methyl/N-ethyl adjacent to an activating group) is 1. The summed E-state index contributed by atoms with van der Waals surface area (Å²) in [6.07, 6.45) is 0. The van der Waals surface area contributed by atoms with Crippen molar-refractivity contribution in [2.24, 2.45) is 20.0 Å². The highest BCUT2D eigenvalue weighted by molar-refractivity contribution is 5.71. The predicted octanol–water partition coefficient (Wildman–Crippen LogP) is -0.163. The molecule has 2 aromatic heterocycles. The molecule has 25 heavy (non-hydrogen) atoms. The zero-order valence-corrected chi connectivity index (χ0v) is 15.8. The second kappa shape index (κ2) is 6.76. The Morgan fingerprint density at radius 3 is 2.24 bits per heavy atom. The van der Waals surface area contributed by atoms with E-state index in [1.807, 2.05) is 4.57 Å². The Balaban J connectivity index is 2.11. The summed E-state index contributed by atoms with van der Waals surface area (Å²) in [7, 11) is 5.33. The maximum Gasteiger partial charge on any atom is 0.332 e. The van der Waals surface area contributed by atoms with E-state index in [4.69, 9.17) is 4.98 Å². The lowest BCUT2D eigenvalue weighted by Gasteiger charge is -2.32. The Hall–Kier alpha value is -1.93. The van der Waals surface area contributed by atoms with Gasteiger partial charge in [0.2, 0.25) is 0 Å². The highest BCUT2D eigenvalue weighted by Crippen LogP contribution is 2.16. The second-order valence-electron chi connectivity index (χ2n) is 7.49. The van der Waals surface area contributed by atoms with Crippen LogP contribution in [-0.4, -0.2) is 61.7 Å². The third kappa shape index (κ3) is 3.28. The fourth-order valence-electron chi connectivity index (χ4n) is 3.38. The molecular weight excluding hydrogens is 320 g/mol. The molecule has 0 aliphatic carbocycles. The van der Waals surface area contributed by atoms with Crippen molar-refractivity contribution < 1.29 is 0 Å². The predicted molar refractivity (Wildman–Crippen MR) is 97.8 cm³/mol. The third-order valence-corrected chi connectivity index (χ3v) is 4.94. The Morgan fingerprint density at radius 1 is 1.00 bits per heavy atom. The van der Waals surface area contributed by atoms with Crippen molar-refractivity contribution in [2.75, 3.05) is 33.2 Å². The van der Waals surface area contributed by atoms with Gasteiger partial charge in [-0.1, -0.05) is 13.8 Å². The molecule has 0 spiro atoms. The molecule has 0 aromatic carbocycles. The fourth-order valence-corrected chi connectivity index (χ4v) is 3.38. The van der Waals surface area contributed by atoms with Gasteiger partial charge in [-0.3, -0.25) is 18.8 Å². The fraction of sp³-hybridized carbons (Fsp3) is 0.706. The summed E-state index contributed by atoms with van der Waals surface area (Å²) >= 11 is 0. The molecule has 0 bridgehead atoms. The monoisotopic (exact) mass is 348 g/mol. The van der Waals surface area contributed by atoms with Crippen LogP contribution < -0.4 is 11.2 Å². The summed E-state index contributed by atoms with van der Waals surface area (Å²) in [5, 5.41) is 0. The SMILES string of the molecule is CC(C)Cn1c(CN2CCN(C)CC2)nc2c1c(=O)n(C)c(=O)n2C. The first-order valence-corrected chi connectivity index (χ1v) is 8.85. The van der Waals surface area contributed by atoms with E-state index in [0.717, 1.165) is 32.0 Å². The third-order valence-electron chi connectivity index (χ3n) is 4.94. The molecule has 3 heterocycles. The van der Waals surface area contributed by atoms with Gasteiger partial charge in [0.1, 0.15) is 5.82 Å². The molecule has 0 radical (unpaired) electrons. The lowest BCUT2D eigenvalue weighted by atomic mass is 10.2. The first-order valence-electron chi connectivity index (χ1n) is 8.85. The average Bonchev–Trinajstić information content (AvgIpc) is 2.91. The van der Waals surface area contributed by atoms with Crippen LogP contribution in [0.4, 0.5) is 0 Å². The first kappa shape index (κ1) is 17.9. The number of nitrogens with zero attached hydrogens (tertiary/aromatic N) is 6. The number of hydrogen-bond acceptors (Lipinski definition) is 5. The lowest BCUT2D eigenvalue weighted by molar-refractivity contribution is 0.144. The van der Waals surface area contributed by atoms with Crippen molar-refractivity contribution >= 4 is 11.2 Å². The molecule has 8 heteroatoms. The quantitative estimate of drug-likeness (QED) is 0.768.